The molecule has 0 bridgehead atoms. The molecular weight excluding hydrogens is 288 g/mol. The second-order valence-corrected chi connectivity index (χ2v) is 8.21. The maximum atomic E-state index is 2.36. The SMILES string of the molecule is CCC(C)C.CCC(CC)C(CC)C(CC)CC.CCCC(C)C. The smallest absolute Gasteiger partial charge is 0.0360 e. The van der Waals surface area contributed by atoms with Crippen LogP contribution in [-0.2, 0) is 0 Å². The van der Waals surface area contributed by atoms with Crippen LogP contribution in [0.2, 0.25) is 0 Å². The van der Waals surface area contributed by atoms with Gasteiger partial charge in [-0.05, 0) is 29.6 Å². The maximum Gasteiger partial charge on any atom is -0.0360 e. The minimum Gasteiger partial charge on any atom is -0.0654 e. The summed E-state index contributed by atoms with van der Waals surface area (Å²) < 4.78 is 0. The lowest BCUT2D eigenvalue weighted by atomic mass is 9.75. The standard InChI is InChI=1S/C13H28.C6H14.C5H12/c1-6-11(7-2)13(10-5)12(8-3)9-4;1-4-5-6(2)3;1-4-5(2)3/h11-13H,6-10H2,1-5H3;6H,4-5H2,1-3H3;5H,4H2,1-3H3. The van der Waals surface area contributed by atoms with Gasteiger partial charge in [-0.1, -0.05) is 128 Å². The Morgan fingerprint density at radius 1 is 0.458 bits per heavy atom. The van der Waals surface area contributed by atoms with Crippen molar-refractivity contribution >= 4 is 0 Å². The second kappa shape index (κ2) is 21.0. The molecule has 150 valence electrons. The Morgan fingerprint density at radius 3 is 0.875 bits per heavy atom. The van der Waals surface area contributed by atoms with Gasteiger partial charge in [0.05, 0.1) is 0 Å². The van der Waals surface area contributed by atoms with Crippen LogP contribution in [0.1, 0.15) is 128 Å². The predicted molar refractivity (Wildman–Crippen MR) is 117 cm³/mol. The Balaban J connectivity index is -0.000000332. The van der Waals surface area contributed by atoms with Crippen LogP contribution in [0.25, 0.3) is 0 Å². The summed E-state index contributed by atoms with van der Waals surface area (Å²) in [6, 6.07) is 0. The van der Waals surface area contributed by atoms with Crippen molar-refractivity contribution in [3.8, 4) is 0 Å². The molecule has 0 nitrogen and oxygen atoms in total. The normalized spacial score (nSPS) is 11.0. The van der Waals surface area contributed by atoms with E-state index in [1.165, 1.54) is 51.4 Å². The van der Waals surface area contributed by atoms with Crippen LogP contribution in [0.3, 0.4) is 0 Å². The van der Waals surface area contributed by atoms with Gasteiger partial charge < -0.3 is 0 Å². The number of rotatable bonds is 10. The van der Waals surface area contributed by atoms with Crippen molar-refractivity contribution in [1.82, 2.24) is 0 Å². The highest BCUT2D eigenvalue weighted by molar-refractivity contribution is 4.73. The summed E-state index contributed by atoms with van der Waals surface area (Å²) in [6.45, 7) is 25.1. The van der Waals surface area contributed by atoms with Gasteiger partial charge >= 0.3 is 0 Å². The maximum absolute atomic E-state index is 2.36. The molecule has 0 heteroatoms. The van der Waals surface area contributed by atoms with Gasteiger partial charge in [0.1, 0.15) is 0 Å². The van der Waals surface area contributed by atoms with E-state index < -0.39 is 0 Å². The molecule has 24 heavy (non-hydrogen) atoms. The highest BCUT2D eigenvalue weighted by Gasteiger charge is 2.23. The average Bonchev–Trinajstić information content (AvgIpc) is 2.56. The fourth-order valence-corrected chi connectivity index (χ4v) is 3.42. The Morgan fingerprint density at radius 2 is 0.792 bits per heavy atom. The van der Waals surface area contributed by atoms with Crippen LogP contribution >= 0.6 is 0 Å². The molecular formula is C24H54. The van der Waals surface area contributed by atoms with E-state index in [2.05, 4.69) is 76.2 Å². The Hall–Kier alpha value is 0. The van der Waals surface area contributed by atoms with Gasteiger partial charge in [0.25, 0.3) is 0 Å². The molecule has 0 heterocycles. The van der Waals surface area contributed by atoms with Crippen molar-refractivity contribution in [2.24, 2.45) is 29.6 Å². The fourth-order valence-electron chi connectivity index (χ4n) is 3.42. The molecule has 0 saturated carbocycles. The summed E-state index contributed by atoms with van der Waals surface area (Å²) in [5.41, 5.74) is 0. The van der Waals surface area contributed by atoms with Gasteiger partial charge in [-0.2, -0.15) is 0 Å². The molecule has 0 unspecified atom stereocenters. The first-order valence-corrected chi connectivity index (χ1v) is 11.3. The van der Waals surface area contributed by atoms with Crippen LogP contribution < -0.4 is 0 Å². The van der Waals surface area contributed by atoms with E-state index in [1.54, 1.807) is 0 Å². The Kier molecular flexibility index (Phi) is 25.2. The first-order valence-electron chi connectivity index (χ1n) is 11.3. The fraction of sp³-hybridized carbons (Fsp3) is 1.00. The third-order valence-corrected chi connectivity index (χ3v) is 5.46. The zero-order chi connectivity index (χ0) is 19.5. The third-order valence-electron chi connectivity index (χ3n) is 5.46. The number of hydrogen-bond donors (Lipinski definition) is 0. The molecule has 0 radical (unpaired) electrons. The molecule has 0 spiro atoms. The van der Waals surface area contributed by atoms with Crippen LogP contribution in [0.15, 0.2) is 0 Å². The van der Waals surface area contributed by atoms with Crippen LogP contribution in [-0.4, -0.2) is 0 Å². The van der Waals surface area contributed by atoms with Crippen LogP contribution in [0.4, 0.5) is 0 Å². The van der Waals surface area contributed by atoms with Crippen LogP contribution in [0, 0.1) is 29.6 Å². The molecule has 0 rings (SSSR count). The van der Waals surface area contributed by atoms with Crippen LogP contribution in [0.5, 0.6) is 0 Å². The van der Waals surface area contributed by atoms with E-state index in [9.17, 15) is 0 Å². The highest BCUT2D eigenvalue weighted by Crippen LogP contribution is 2.33. The molecule has 0 fully saturated rings. The summed E-state index contributed by atoms with van der Waals surface area (Å²) >= 11 is 0. The van der Waals surface area contributed by atoms with Crippen molar-refractivity contribution in [3.63, 3.8) is 0 Å². The zero-order valence-electron chi connectivity index (χ0n) is 19.5. The molecule has 0 atom stereocenters. The molecule has 0 aliphatic carbocycles. The lowest BCUT2D eigenvalue weighted by Crippen LogP contribution is -2.21. The summed E-state index contributed by atoms with van der Waals surface area (Å²) in [6.07, 6.45) is 10.9. The highest BCUT2D eigenvalue weighted by atomic mass is 14.3. The molecule has 0 N–H and O–H groups in total. The molecule has 0 aromatic rings. The molecule has 0 aromatic heterocycles. The lowest BCUT2D eigenvalue weighted by Gasteiger charge is -2.31. The lowest BCUT2D eigenvalue weighted by molar-refractivity contribution is 0.195. The summed E-state index contributed by atoms with van der Waals surface area (Å²) in [5, 5.41) is 0. The van der Waals surface area contributed by atoms with Crippen molar-refractivity contribution in [3.05, 3.63) is 0 Å². The monoisotopic (exact) mass is 342 g/mol. The van der Waals surface area contributed by atoms with Gasteiger partial charge in [0.15, 0.2) is 0 Å². The summed E-state index contributed by atoms with van der Waals surface area (Å²) in [5.74, 6) is 4.69. The first kappa shape index (κ1) is 28.8. The average molecular weight is 343 g/mol. The molecule has 0 aliphatic heterocycles. The minimum absolute atomic E-state index is 0.884. The molecule has 0 aromatic carbocycles. The predicted octanol–water partition coefficient (Wildman–Crippen LogP) is 9.38. The Bertz CT molecular complexity index is 184. The summed E-state index contributed by atoms with van der Waals surface area (Å²) in [4.78, 5) is 0. The van der Waals surface area contributed by atoms with Crippen molar-refractivity contribution in [1.29, 1.82) is 0 Å². The molecule has 0 aliphatic rings. The zero-order valence-corrected chi connectivity index (χ0v) is 19.5. The van der Waals surface area contributed by atoms with Gasteiger partial charge in [0.2, 0.25) is 0 Å². The molecule has 0 saturated heterocycles. The second-order valence-electron chi connectivity index (χ2n) is 8.21. The number of hydrogen-bond acceptors (Lipinski definition) is 0. The Labute approximate surface area is 157 Å². The minimum atomic E-state index is 0.884. The van der Waals surface area contributed by atoms with E-state index in [1.807, 2.05) is 0 Å². The van der Waals surface area contributed by atoms with E-state index in [-0.39, 0.29) is 0 Å². The largest absolute Gasteiger partial charge is 0.0654 e. The van der Waals surface area contributed by atoms with E-state index in [0.29, 0.717) is 0 Å². The van der Waals surface area contributed by atoms with Gasteiger partial charge in [-0.25, -0.2) is 0 Å². The van der Waals surface area contributed by atoms with Gasteiger partial charge in [-0.3, -0.25) is 0 Å². The van der Waals surface area contributed by atoms with E-state index in [4.69, 9.17) is 0 Å². The van der Waals surface area contributed by atoms with E-state index in [0.717, 1.165) is 29.6 Å². The first-order chi connectivity index (χ1) is 11.3. The van der Waals surface area contributed by atoms with Gasteiger partial charge in [0, 0.05) is 0 Å². The van der Waals surface area contributed by atoms with Gasteiger partial charge in [-0.15, -0.1) is 0 Å². The quantitative estimate of drug-likeness (QED) is 0.371. The van der Waals surface area contributed by atoms with Crippen molar-refractivity contribution in [2.75, 3.05) is 0 Å². The van der Waals surface area contributed by atoms with E-state index >= 15 is 0 Å². The molecule has 0 amide bonds. The topological polar surface area (TPSA) is 0 Å². The van der Waals surface area contributed by atoms with Crippen molar-refractivity contribution < 1.29 is 0 Å². The van der Waals surface area contributed by atoms with Crippen molar-refractivity contribution in [2.45, 2.75) is 128 Å². The third kappa shape index (κ3) is 18.3. The summed E-state index contributed by atoms with van der Waals surface area (Å²) in [7, 11) is 0.